The van der Waals surface area contributed by atoms with E-state index in [1.54, 1.807) is 0 Å². The maximum absolute atomic E-state index is 11.6. The van der Waals surface area contributed by atoms with Crippen molar-refractivity contribution in [2.24, 2.45) is 5.11 Å². The van der Waals surface area contributed by atoms with Crippen LogP contribution in [0.4, 0.5) is 0 Å². The van der Waals surface area contributed by atoms with E-state index >= 15 is 0 Å². The topological polar surface area (TPSA) is 216 Å². The molecule has 0 heterocycles. The third kappa shape index (κ3) is 14.4. The summed E-state index contributed by atoms with van der Waals surface area (Å²) in [6, 6.07) is 0. The smallest absolute Gasteiger partial charge is 0.251 e. The Hall–Kier alpha value is -1.58. The van der Waals surface area contributed by atoms with E-state index in [-0.39, 0.29) is 26.3 Å². The van der Waals surface area contributed by atoms with Gasteiger partial charge in [0.1, 0.15) is 18.3 Å². The summed E-state index contributed by atoms with van der Waals surface area (Å²) in [4.78, 5) is 14.2. The molecule has 1 amide bonds. The second-order valence-corrected chi connectivity index (χ2v) is 5.87. The van der Waals surface area contributed by atoms with Crippen molar-refractivity contribution < 1.29 is 49.3 Å². The third-order valence-electron chi connectivity index (χ3n) is 3.58. The molecule has 0 aliphatic rings. The van der Waals surface area contributed by atoms with E-state index in [4.69, 9.17) is 29.6 Å². The van der Waals surface area contributed by atoms with Crippen LogP contribution in [0.1, 0.15) is 0 Å². The Balaban J connectivity index is 3.50. The van der Waals surface area contributed by atoms with Crippen molar-refractivity contribution in [3.63, 3.8) is 0 Å². The van der Waals surface area contributed by atoms with Crippen molar-refractivity contribution in [3.05, 3.63) is 10.4 Å². The number of aliphatic hydroxyl groups is 5. The summed E-state index contributed by atoms with van der Waals surface area (Å²) in [7, 11) is 0. The highest BCUT2D eigenvalue weighted by Gasteiger charge is 2.33. The maximum atomic E-state index is 11.6. The second kappa shape index (κ2) is 19.4. The van der Waals surface area contributed by atoms with Gasteiger partial charge in [-0.2, -0.15) is 0 Å². The molecule has 4 atom stereocenters. The fourth-order valence-electron chi connectivity index (χ4n) is 1.94. The molecule has 6 N–H and O–H groups in total. The van der Waals surface area contributed by atoms with Gasteiger partial charge in [0, 0.05) is 18.0 Å². The van der Waals surface area contributed by atoms with Crippen LogP contribution < -0.4 is 5.32 Å². The normalized spacial score (nSPS) is 15.1. The number of ether oxygens (including phenoxy) is 4. The van der Waals surface area contributed by atoms with Gasteiger partial charge in [-0.15, -0.1) is 0 Å². The lowest BCUT2D eigenvalue weighted by Crippen LogP contribution is -2.52. The number of hydrogen-bond acceptors (Lipinski definition) is 11. The number of carbonyl (C=O) groups is 1. The molecule has 0 fully saturated rings. The predicted octanol–water partition coefficient (Wildman–Crippen LogP) is -3.08. The maximum Gasteiger partial charge on any atom is 0.251 e. The summed E-state index contributed by atoms with van der Waals surface area (Å²) >= 11 is 0. The highest BCUT2D eigenvalue weighted by Crippen LogP contribution is 2.05. The molecule has 14 nitrogen and oxygen atoms in total. The monoisotopic (exact) mass is 440 g/mol. The molecule has 0 saturated heterocycles. The van der Waals surface area contributed by atoms with Gasteiger partial charge in [-0.25, -0.2) is 0 Å². The number of carbonyl (C=O) groups excluding carboxylic acids is 1. The number of rotatable bonds is 20. The lowest BCUT2D eigenvalue weighted by molar-refractivity contribution is -0.149. The molecule has 0 saturated carbocycles. The first-order valence-corrected chi connectivity index (χ1v) is 9.38. The Morgan fingerprint density at radius 3 is 1.87 bits per heavy atom. The molecule has 0 spiro atoms. The molecule has 0 aliphatic carbocycles. The molecule has 176 valence electrons. The zero-order chi connectivity index (χ0) is 22.6. The van der Waals surface area contributed by atoms with Crippen molar-refractivity contribution in [2.75, 3.05) is 72.6 Å². The first kappa shape index (κ1) is 28.4. The minimum absolute atomic E-state index is 0.0457. The molecule has 0 aromatic heterocycles. The van der Waals surface area contributed by atoms with Crippen LogP contribution in [0.2, 0.25) is 0 Å². The lowest BCUT2D eigenvalue weighted by atomic mass is 10.0. The van der Waals surface area contributed by atoms with Crippen molar-refractivity contribution >= 4 is 5.91 Å². The average Bonchev–Trinajstić information content (AvgIpc) is 2.76. The van der Waals surface area contributed by atoms with Crippen molar-refractivity contribution in [1.82, 2.24) is 5.32 Å². The Labute approximate surface area is 173 Å². The summed E-state index contributed by atoms with van der Waals surface area (Å²) in [6.45, 7) is 2.08. The third-order valence-corrected chi connectivity index (χ3v) is 3.58. The number of amides is 1. The first-order chi connectivity index (χ1) is 14.5. The number of nitrogens with one attached hydrogen (secondary N) is 1. The molecule has 0 unspecified atom stereocenters. The Kier molecular flexibility index (Phi) is 18.4. The van der Waals surface area contributed by atoms with Crippen molar-refractivity contribution in [3.8, 4) is 0 Å². The predicted molar refractivity (Wildman–Crippen MR) is 101 cm³/mol. The van der Waals surface area contributed by atoms with E-state index in [2.05, 4.69) is 15.3 Å². The summed E-state index contributed by atoms with van der Waals surface area (Å²) in [5.74, 6) is -0.953. The van der Waals surface area contributed by atoms with E-state index in [0.717, 1.165) is 0 Å². The molecule has 14 heteroatoms. The molecule has 0 rings (SSSR count). The standard InChI is InChI=1S/C16H32N4O10/c17-20-19-2-4-28-6-8-30-10-9-29-7-5-27-3-1-18-16(26)15(25)14(24)13(23)12(22)11-21/h12-15,21-25H,1-11H2,(H,18,26)/t12-,13-,14+,15-/m1/s1. The average molecular weight is 440 g/mol. The molecular formula is C16H32N4O10. The van der Waals surface area contributed by atoms with Crippen LogP contribution in [-0.2, 0) is 23.7 Å². The van der Waals surface area contributed by atoms with E-state index < -0.39 is 36.9 Å². The van der Waals surface area contributed by atoms with Crippen LogP contribution >= 0.6 is 0 Å². The number of aliphatic hydroxyl groups excluding tert-OH is 5. The van der Waals surface area contributed by atoms with Gasteiger partial charge in [-0.1, -0.05) is 5.11 Å². The summed E-state index contributed by atoms with van der Waals surface area (Å²) in [5.41, 5.74) is 8.07. The molecule has 0 aromatic carbocycles. The van der Waals surface area contributed by atoms with Crippen LogP contribution in [0.15, 0.2) is 5.11 Å². The number of azide groups is 1. The Morgan fingerprint density at radius 2 is 1.37 bits per heavy atom. The Morgan fingerprint density at radius 1 is 0.867 bits per heavy atom. The van der Waals surface area contributed by atoms with E-state index in [1.165, 1.54) is 0 Å². The fourth-order valence-corrected chi connectivity index (χ4v) is 1.94. The molecule has 30 heavy (non-hydrogen) atoms. The summed E-state index contributed by atoms with van der Waals surface area (Å²) < 4.78 is 20.9. The van der Waals surface area contributed by atoms with E-state index in [0.29, 0.717) is 39.6 Å². The Bertz CT molecular complexity index is 481. The highest BCUT2D eigenvalue weighted by atomic mass is 16.6. The van der Waals surface area contributed by atoms with Gasteiger partial charge in [-0.05, 0) is 5.53 Å². The zero-order valence-electron chi connectivity index (χ0n) is 16.7. The van der Waals surface area contributed by atoms with Gasteiger partial charge in [0.25, 0.3) is 5.91 Å². The van der Waals surface area contributed by atoms with Gasteiger partial charge in [0.15, 0.2) is 6.10 Å². The van der Waals surface area contributed by atoms with Crippen LogP contribution in [0.5, 0.6) is 0 Å². The van der Waals surface area contributed by atoms with Gasteiger partial charge < -0.3 is 49.8 Å². The molecular weight excluding hydrogens is 408 g/mol. The quantitative estimate of drug-likeness (QED) is 0.0485. The molecule has 0 radical (unpaired) electrons. The highest BCUT2D eigenvalue weighted by molar-refractivity contribution is 5.81. The van der Waals surface area contributed by atoms with Gasteiger partial charge in [0.2, 0.25) is 0 Å². The van der Waals surface area contributed by atoms with Gasteiger partial charge >= 0.3 is 0 Å². The molecule has 0 aromatic rings. The van der Waals surface area contributed by atoms with Crippen LogP contribution in [0.25, 0.3) is 10.4 Å². The minimum Gasteiger partial charge on any atom is -0.394 e. The number of nitrogens with zero attached hydrogens (tertiary/aromatic N) is 3. The summed E-state index contributed by atoms with van der Waals surface area (Å²) in [6.07, 6.45) is -7.47. The van der Waals surface area contributed by atoms with Crippen molar-refractivity contribution in [2.45, 2.75) is 24.4 Å². The fraction of sp³-hybridized carbons (Fsp3) is 0.938. The summed E-state index contributed by atoms with van der Waals surface area (Å²) in [5, 5.41) is 52.1. The molecule has 0 bridgehead atoms. The first-order valence-electron chi connectivity index (χ1n) is 9.38. The van der Waals surface area contributed by atoms with E-state index in [1.807, 2.05) is 0 Å². The van der Waals surface area contributed by atoms with Crippen LogP contribution in [0.3, 0.4) is 0 Å². The van der Waals surface area contributed by atoms with Crippen LogP contribution in [0, 0.1) is 0 Å². The molecule has 0 aliphatic heterocycles. The zero-order valence-corrected chi connectivity index (χ0v) is 16.7. The lowest BCUT2D eigenvalue weighted by Gasteiger charge is -2.24. The van der Waals surface area contributed by atoms with Gasteiger partial charge in [0.05, 0.1) is 59.5 Å². The van der Waals surface area contributed by atoms with E-state index in [9.17, 15) is 25.2 Å². The SMILES string of the molecule is [N-]=[N+]=NCCOCCOCCOCCOCCNC(=O)[C@H](O)[C@@H](O)[C@H](O)[C@H](O)CO. The minimum atomic E-state index is -1.97. The van der Waals surface area contributed by atoms with Gasteiger partial charge in [-0.3, -0.25) is 4.79 Å². The second-order valence-electron chi connectivity index (χ2n) is 5.87. The largest absolute Gasteiger partial charge is 0.394 e. The number of hydrogen-bond donors (Lipinski definition) is 6. The van der Waals surface area contributed by atoms with Crippen molar-refractivity contribution in [1.29, 1.82) is 0 Å². The van der Waals surface area contributed by atoms with Crippen LogP contribution in [-0.4, -0.2) is 128 Å².